The number of hydrogen-bond donors (Lipinski definition) is 1. The van der Waals surface area contributed by atoms with E-state index in [-0.39, 0.29) is 0 Å². The first-order valence-corrected chi connectivity index (χ1v) is 7.84. The van der Waals surface area contributed by atoms with E-state index in [9.17, 15) is 0 Å². The molecule has 3 aromatic rings. The van der Waals surface area contributed by atoms with E-state index in [1.165, 1.54) is 10.9 Å². The van der Waals surface area contributed by atoms with Crippen molar-refractivity contribution in [2.24, 2.45) is 0 Å². The molecule has 0 aliphatic carbocycles. The average molecular weight is 294 g/mol. The van der Waals surface area contributed by atoms with Gasteiger partial charge in [0.15, 0.2) is 5.82 Å². The molecule has 0 aliphatic heterocycles. The van der Waals surface area contributed by atoms with Gasteiger partial charge in [0.05, 0.1) is 11.4 Å². The lowest BCUT2D eigenvalue weighted by Crippen LogP contribution is -2.11. The summed E-state index contributed by atoms with van der Waals surface area (Å²) in [4.78, 5) is 8.09. The van der Waals surface area contributed by atoms with E-state index in [4.69, 9.17) is 4.98 Å². The Bertz CT molecular complexity index is 787. The summed E-state index contributed by atoms with van der Waals surface area (Å²) in [5, 5.41) is 10.0. The van der Waals surface area contributed by atoms with Crippen molar-refractivity contribution >= 4 is 10.9 Å². The van der Waals surface area contributed by atoms with Gasteiger partial charge in [0.1, 0.15) is 0 Å². The second-order valence-corrected chi connectivity index (χ2v) is 6.34. The summed E-state index contributed by atoms with van der Waals surface area (Å²) in [6.07, 6.45) is 2.74. The Labute approximate surface area is 131 Å². The molecule has 0 unspecified atom stereocenters. The third-order valence-electron chi connectivity index (χ3n) is 3.90. The number of aromatic amines is 1. The summed E-state index contributed by atoms with van der Waals surface area (Å²) < 4.78 is 0. The third kappa shape index (κ3) is 2.73. The lowest BCUT2D eigenvalue weighted by molar-refractivity contribution is 0.674. The number of H-pyrrole nitrogens is 1. The third-order valence-corrected chi connectivity index (χ3v) is 3.90. The largest absolute Gasteiger partial charge is 0.361 e. The molecule has 114 valence electrons. The van der Waals surface area contributed by atoms with Gasteiger partial charge in [0, 0.05) is 23.5 Å². The first-order chi connectivity index (χ1) is 10.6. The van der Waals surface area contributed by atoms with Gasteiger partial charge >= 0.3 is 0 Å². The summed E-state index contributed by atoms with van der Waals surface area (Å²) in [7, 11) is 0. The fourth-order valence-corrected chi connectivity index (χ4v) is 2.74. The van der Waals surface area contributed by atoms with Crippen molar-refractivity contribution in [3.8, 4) is 0 Å². The first-order valence-electron chi connectivity index (χ1n) is 7.84. The quantitative estimate of drug-likeness (QED) is 0.785. The van der Waals surface area contributed by atoms with Crippen LogP contribution in [-0.4, -0.2) is 20.2 Å². The summed E-state index contributed by atoms with van der Waals surface area (Å²) >= 11 is 0. The van der Waals surface area contributed by atoms with Crippen LogP contribution in [0.3, 0.4) is 0 Å². The van der Waals surface area contributed by atoms with E-state index in [2.05, 4.69) is 61.1 Å². The van der Waals surface area contributed by atoms with Gasteiger partial charge in [0.2, 0.25) is 0 Å². The van der Waals surface area contributed by atoms with Crippen LogP contribution in [0.2, 0.25) is 0 Å². The van der Waals surface area contributed by atoms with Crippen LogP contribution in [0.4, 0.5) is 0 Å². The molecule has 4 nitrogen and oxygen atoms in total. The number of benzene rings is 1. The van der Waals surface area contributed by atoms with E-state index in [1.807, 2.05) is 12.3 Å². The maximum Gasteiger partial charge on any atom is 0.155 e. The number of fused-ring (bicyclic) bond motifs is 1. The molecule has 0 spiro atoms. The van der Waals surface area contributed by atoms with Crippen molar-refractivity contribution in [1.82, 2.24) is 20.2 Å². The molecule has 0 saturated carbocycles. The highest BCUT2D eigenvalue weighted by molar-refractivity contribution is 5.83. The van der Waals surface area contributed by atoms with Gasteiger partial charge in [0.25, 0.3) is 0 Å². The Kier molecular flexibility index (Phi) is 3.92. The van der Waals surface area contributed by atoms with Crippen LogP contribution in [0.25, 0.3) is 10.9 Å². The van der Waals surface area contributed by atoms with Gasteiger partial charge in [-0.15, -0.1) is 5.10 Å². The van der Waals surface area contributed by atoms with E-state index >= 15 is 0 Å². The molecule has 0 aliphatic rings. The predicted octanol–water partition coefficient (Wildman–Crippen LogP) is 4.19. The van der Waals surface area contributed by atoms with Crippen molar-refractivity contribution in [3.05, 3.63) is 53.2 Å². The SMILES string of the molecule is CC(C)c1nnc(Cc2c[nH]c3ccccc23)nc1C(C)C. The molecular formula is C18H22N4. The number of para-hydroxylation sites is 1. The van der Waals surface area contributed by atoms with Crippen LogP contribution in [-0.2, 0) is 6.42 Å². The molecule has 0 atom stereocenters. The summed E-state index contributed by atoms with van der Waals surface area (Å²) in [5.41, 5.74) is 4.44. The zero-order valence-corrected chi connectivity index (χ0v) is 13.6. The van der Waals surface area contributed by atoms with Crippen LogP contribution in [0.5, 0.6) is 0 Å². The molecule has 0 radical (unpaired) electrons. The van der Waals surface area contributed by atoms with Gasteiger partial charge in [-0.3, -0.25) is 0 Å². The Morgan fingerprint density at radius 2 is 1.68 bits per heavy atom. The summed E-state index contributed by atoms with van der Waals surface area (Å²) in [6, 6.07) is 8.30. The molecule has 1 N–H and O–H groups in total. The standard InChI is InChI=1S/C18H22N4/c1-11(2)17-18(12(3)4)22-21-16(20-17)9-13-10-19-15-8-6-5-7-14(13)15/h5-8,10-12,19H,9H2,1-4H3. The monoisotopic (exact) mass is 294 g/mol. The molecule has 0 fully saturated rings. The van der Waals surface area contributed by atoms with Gasteiger partial charge in [-0.1, -0.05) is 45.9 Å². The minimum Gasteiger partial charge on any atom is -0.361 e. The van der Waals surface area contributed by atoms with Crippen molar-refractivity contribution in [2.75, 3.05) is 0 Å². The number of hydrogen-bond acceptors (Lipinski definition) is 3. The van der Waals surface area contributed by atoms with Crippen molar-refractivity contribution in [3.63, 3.8) is 0 Å². The fraction of sp³-hybridized carbons (Fsp3) is 0.389. The van der Waals surface area contributed by atoms with Gasteiger partial charge in [-0.05, 0) is 23.5 Å². The Morgan fingerprint density at radius 3 is 2.41 bits per heavy atom. The fourth-order valence-electron chi connectivity index (χ4n) is 2.74. The number of rotatable bonds is 4. The zero-order chi connectivity index (χ0) is 15.7. The van der Waals surface area contributed by atoms with Crippen molar-refractivity contribution < 1.29 is 0 Å². The average Bonchev–Trinajstić information content (AvgIpc) is 2.90. The molecule has 3 rings (SSSR count). The topological polar surface area (TPSA) is 54.5 Å². The van der Waals surface area contributed by atoms with Crippen LogP contribution in [0, 0.1) is 0 Å². The highest BCUT2D eigenvalue weighted by Gasteiger charge is 2.16. The molecule has 2 heterocycles. The molecule has 2 aromatic heterocycles. The summed E-state index contributed by atoms with van der Waals surface area (Å²) in [6.45, 7) is 8.59. The normalized spacial score (nSPS) is 11.7. The zero-order valence-electron chi connectivity index (χ0n) is 13.6. The van der Waals surface area contributed by atoms with E-state index in [1.54, 1.807) is 0 Å². The predicted molar refractivity (Wildman–Crippen MR) is 89.1 cm³/mol. The Hall–Kier alpha value is -2.23. The van der Waals surface area contributed by atoms with Crippen LogP contribution >= 0.6 is 0 Å². The molecule has 0 amide bonds. The molecule has 4 heteroatoms. The van der Waals surface area contributed by atoms with Crippen LogP contribution in [0.1, 0.15) is 62.3 Å². The highest BCUT2D eigenvalue weighted by atomic mass is 15.2. The van der Waals surface area contributed by atoms with E-state index in [0.717, 1.165) is 22.7 Å². The minimum absolute atomic E-state index is 0.347. The molecule has 22 heavy (non-hydrogen) atoms. The molecule has 0 saturated heterocycles. The van der Waals surface area contributed by atoms with E-state index in [0.29, 0.717) is 18.3 Å². The molecule has 1 aromatic carbocycles. The smallest absolute Gasteiger partial charge is 0.155 e. The van der Waals surface area contributed by atoms with Gasteiger partial charge in [-0.25, -0.2) is 4.98 Å². The highest BCUT2D eigenvalue weighted by Crippen LogP contribution is 2.23. The number of nitrogens with zero attached hydrogens (tertiary/aromatic N) is 3. The second kappa shape index (κ2) is 5.87. The second-order valence-electron chi connectivity index (χ2n) is 6.34. The lowest BCUT2D eigenvalue weighted by atomic mass is 10.0. The Morgan fingerprint density at radius 1 is 0.955 bits per heavy atom. The van der Waals surface area contributed by atoms with Gasteiger partial charge < -0.3 is 4.98 Å². The number of nitrogens with one attached hydrogen (secondary N) is 1. The van der Waals surface area contributed by atoms with Gasteiger partial charge in [-0.2, -0.15) is 5.10 Å². The number of aromatic nitrogens is 4. The van der Waals surface area contributed by atoms with Crippen molar-refractivity contribution in [1.29, 1.82) is 0 Å². The van der Waals surface area contributed by atoms with Crippen LogP contribution in [0.15, 0.2) is 30.5 Å². The minimum atomic E-state index is 0.347. The maximum atomic E-state index is 4.79. The molecule has 0 bridgehead atoms. The molecular weight excluding hydrogens is 272 g/mol. The van der Waals surface area contributed by atoms with Crippen LogP contribution < -0.4 is 0 Å². The first kappa shape index (κ1) is 14.7. The van der Waals surface area contributed by atoms with Crippen molar-refractivity contribution in [2.45, 2.75) is 46.0 Å². The van der Waals surface area contributed by atoms with E-state index < -0.39 is 0 Å². The summed E-state index contributed by atoms with van der Waals surface area (Å²) in [5.74, 6) is 1.49. The lowest BCUT2D eigenvalue weighted by Gasteiger charge is -2.13. The maximum absolute atomic E-state index is 4.79. The Balaban J connectivity index is 1.97.